The Morgan fingerprint density at radius 3 is 2.27 bits per heavy atom. The third-order valence-corrected chi connectivity index (χ3v) is 4.19. The van der Waals surface area contributed by atoms with Gasteiger partial charge in [0.1, 0.15) is 24.7 Å². The summed E-state index contributed by atoms with van der Waals surface area (Å²) in [6.07, 6.45) is 4.22. The van der Waals surface area contributed by atoms with Crippen LogP contribution in [0.15, 0.2) is 54.6 Å². The Hall–Kier alpha value is -2.75. The predicted molar refractivity (Wildman–Crippen MR) is 104 cm³/mol. The van der Waals surface area contributed by atoms with Crippen LogP contribution in [0.2, 0.25) is 0 Å². The highest BCUT2D eigenvalue weighted by Crippen LogP contribution is 2.21. The molecule has 1 atom stereocenters. The van der Waals surface area contributed by atoms with Gasteiger partial charge in [0, 0.05) is 6.08 Å². The molecule has 1 unspecified atom stereocenters. The van der Waals surface area contributed by atoms with E-state index in [-0.39, 0.29) is 6.61 Å². The molecule has 0 fully saturated rings. The highest BCUT2D eigenvalue weighted by atomic mass is 16.6. The second-order valence-electron chi connectivity index (χ2n) is 6.00. The Bertz CT molecular complexity index is 702. The number of esters is 1. The molecule has 138 valence electrons. The number of carbonyl (C=O) groups excluding carboxylic acids is 1. The number of hydrogen-bond donors (Lipinski definition) is 0. The lowest BCUT2D eigenvalue weighted by molar-refractivity contribution is -0.138. The zero-order valence-corrected chi connectivity index (χ0v) is 15.6. The van der Waals surface area contributed by atoms with E-state index >= 15 is 0 Å². The van der Waals surface area contributed by atoms with Crippen molar-refractivity contribution >= 4 is 12.0 Å². The minimum atomic E-state index is -0.392. The molecule has 0 heterocycles. The van der Waals surface area contributed by atoms with Crippen molar-refractivity contribution in [2.24, 2.45) is 0 Å². The average molecular weight is 354 g/mol. The zero-order chi connectivity index (χ0) is 18.8. The molecule has 26 heavy (non-hydrogen) atoms. The number of rotatable bonds is 9. The van der Waals surface area contributed by atoms with Crippen molar-refractivity contribution < 1.29 is 19.0 Å². The lowest BCUT2D eigenvalue weighted by atomic mass is 9.99. The highest BCUT2D eigenvalue weighted by Gasteiger charge is 2.03. The van der Waals surface area contributed by atoms with Crippen LogP contribution in [0, 0.1) is 0 Å². The van der Waals surface area contributed by atoms with Gasteiger partial charge in [-0.1, -0.05) is 38.1 Å². The summed E-state index contributed by atoms with van der Waals surface area (Å²) >= 11 is 0. The molecule has 0 radical (unpaired) electrons. The van der Waals surface area contributed by atoms with E-state index in [1.807, 2.05) is 36.4 Å². The van der Waals surface area contributed by atoms with Crippen LogP contribution in [0.4, 0.5) is 0 Å². The Morgan fingerprint density at radius 2 is 1.65 bits per heavy atom. The van der Waals surface area contributed by atoms with Crippen LogP contribution in [0.5, 0.6) is 11.5 Å². The molecule has 2 rings (SSSR count). The molecule has 0 bridgehead atoms. The van der Waals surface area contributed by atoms with Crippen LogP contribution in [-0.4, -0.2) is 26.3 Å². The largest absolute Gasteiger partial charge is 0.497 e. The van der Waals surface area contributed by atoms with Gasteiger partial charge >= 0.3 is 5.97 Å². The first-order valence-electron chi connectivity index (χ1n) is 8.84. The molecule has 2 aromatic rings. The second kappa shape index (κ2) is 10.3. The average Bonchev–Trinajstić information content (AvgIpc) is 2.70. The van der Waals surface area contributed by atoms with Gasteiger partial charge in [-0.3, -0.25) is 0 Å². The van der Waals surface area contributed by atoms with Crippen LogP contribution in [0.1, 0.15) is 37.3 Å². The lowest BCUT2D eigenvalue weighted by Crippen LogP contribution is -2.10. The summed E-state index contributed by atoms with van der Waals surface area (Å²) in [5.74, 6) is 1.71. The quantitative estimate of drug-likeness (QED) is 0.367. The minimum Gasteiger partial charge on any atom is -0.497 e. The van der Waals surface area contributed by atoms with Crippen molar-refractivity contribution in [3.8, 4) is 11.5 Å². The van der Waals surface area contributed by atoms with Crippen LogP contribution >= 0.6 is 0 Å². The molecule has 0 aliphatic heterocycles. The monoisotopic (exact) mass is 354 g/mol. The Kier molecular flexibility index (Phi) is 7.75. The Morgan fingerprint density at radius 1 is 1.00 bits per heavy atom. The van der Waals surface area contributed by atoms with Crippen molar-refractivity contribution in [2.45, 2.75) is 26.2 Å². The summed E-state index contributed by atoms with van der Waals surface area (Å²) < 4.78 is 15.8. The summed E-state index contributed by atoms with van der Waals surface area (Å²) in [6.45, 7) is 4.91. The number of benzene rings is 2. The van der Waals surface area contributed by atoms with Crippen molar-refractivity contribution in [1.29, 1.82) is 0 Å². The molecule has 0 N–H and O–H groups in total. The van der Waals surface area contributed by atoms with Gasteiger partial charge in [-0.15, -0.1) is 0 Å². The van der Waals surface area contributed by atoms with Crippen LogP contribution in [-0.2, 0) is 9.53 Å². The van der Waals surface area contributed by atoms with E-state index in [0.29, 0.717) is 12.5 Å². The summed E-state index contributed by atoms with van der Waals surface area (Å²) in [7, 11) is 1.62. The summed E-state index contributed by atoms with van der Waals surface area (Å²) in [6, 6.07) is 15.5. The van der Waals surface area contributed by atoms with Crippen LogP contribution in [0.25, 0.3) is 6.08 Å². The summed E-state index contributed by atoms with van der Waals surface area (Å²) in [5, 5.41) is 0. The molecule has 0 saturated carbocycles. The first kappa shape index (κ1) is 19.6. The van der Waals surface area contributed by atoms with Crippen molar-refractivity contribution in [2.75, 3.05) is 20.3 Å². The van der Waals surface area contributed by atoms with E-state index in [1.54, 1.807) is 13.2 Å². The topological polar surface area (TPSA) is 44.8 Å². The van der Waals surface area contributed by atoms with Crippen LogP contribution in [0.3, 0.4) is 0 Å². The maximum absolute atomic E-state index is 11.7. The second-order valence-corrected chi connectivity index (χ2v) is 6.00. The van der Waals surface area contributed by atoms with Gasteiger partial charge in [0.25, 0.3) is 0 Å². The fourth-order valence-electron chi connectivity index (χ4n) is 2.36. The molecular formula is C22H26O4. The normalized spacial score (nSPS) is 12.0. The fraction of sp³-hybridized carbons (Fsp3) is 0.318. The van der Waals surface area contributed by atoms with Gasteiger partial charge in [-0.05, 0) is 53.8 Å². The molecule has 0 aliphatic rings. The first-order chi connectivity index (χ1) is 12.6. The number of carbonyl (C=O) groups is 1. The van der Waals surface area contributed by atoms with Gasteiger partial charge in [0.2, 0.25) is 0 Å². The Balaban J connectivity index is 1.70. The van der Waals surface area contributed by atoms with Gasteiger partial charge in [-0.2, -0.15) is 0 Å². The van der Waals surface area contributed by atoms with Gasteiger partial charge in [0.05, 0.1) is 7.11 Å². The van der Waals surface area contributed by atoms with Crippen molar-refractivity contribution in [3.05, 3.63) is 65.7 Å². The smallest absolute Gasteiger partial charge is 0.330 e. The number of methoxy groups -OCH3 is 1. The zero-order valence-electron chi connectivity index (χ0n) is 15.6. The van der Waals surface area contributed by atoms with Gasteiger partial charge < -0.3 is 14.2 Å². The maximum Gasteiger partial charge on any atom is 0.330 e. The minimum absolute atomic E-state index is 0.207. The predicted octanol–water partition coefficient (Wildman–Crippen LogP) is 4.84. The van der Waals surface area contributed by atoms with Crippen LogP contribution < -0.4 is 9.47 Å². The van der Waals surface area contributed by atoms with E-state index in [4.69, 9.17) is 14.2 Å². The maximum atomic E-state index is 11.7. The third-order valence-electron chi connectivity index (χ3n) is 4.19. The molecule has 4 nitrogen and oxygen atoms in total. The molecule has 0 amide bonds. The summed E-state index contributed by atoms with van der Waals surface area (Å²) in [4.78, 5) is 11.7. The molecule has 0 spiro atoms. The van der Waals surface area contributed by atoms with Gasteiger partial charge in [-0.25, -0.2) is 4.79 Å². The SMILES string of the molecule is CCC(C)c1ccc(OCCOC(=O)/C=C/c2ccc(OC)cc2)cc1. The first-order valence-corrected chi connectivity index (χ1v) is 8.84. The molecule has 0 aromatic heterocycles. The van der Waals surface area contributed by atoms with E-state index < -0.39 is 5.97 Å². The molecule has 2 aromatic carbocycles. The fourth-order valence-corrected chi connectivity index (χ4v) is 2.36. The van der Waals surface area contributed by atoms with E-state index in [2.05, 4.69) is 26.0 Å². The Labute approximate surface area is 155 Å². The molecule has 0 saturated heterocycles. The molecule has 4 heteroatoms. The standard InChI is InChI=1S/C22H26O4/c1-4-17(2)19-8-12-21(13-9-19)25-15-16-26-22(23)14-7-18-5-10-20(24-3)11-6-18/h5-14,17H,4,15-16H2,1-3H3/b14-7+. The summed E-state index contributed by atoms with van der Waals surface area (Å²) in [5.41, 5.74) is 2.20. The van der Waals surface area contributed by atoms with Crippen molar-refractivity contribution in [3.63, 3.8) is 0 Å². The molecular weight excluding hydrogens is 328 g/mol. The number of hydrogen-bond acceptors (Lipinski definition) is 4. The van der Waals surface area contributed by atoms with Crippen molar-refractivity contribution in [1.82, 2.24) is 0 Å². The lowest BCUT2D eigenvalue weighted by Gasteiger charge is -2.10. The van der Waals surface area contributed by atoms with Gasteiger partial charge in [0.15, 0.2) is 0 Å². The molecule has 0 aliphatic carbocycles. The highest BCUT2D eigenvalue weighted by molar-refractivity contribution is 5.87. The van der Waals surface area contributed by atoms with E-state index in [1.165, 1.54) is 11.6 Å². The van der Waals surface area contributed by atoms with E-state index in [9.17, 15) is 4.79 Å². The third kappa shape index (κ3) is 6.28. The number of ether oxygens (including phenoxy) is 3. The van der Waals surface area contributed by atoms with E-state index in [0.717, 1.165) is 23.5 Å².